The minimum Gasteiger partial charge on any atom is -0.397 e. The first-order chi connectivity index (χ1) is 9.45. The Labute approximate surface area is 117 Å². The van der Waals surface area contributed by atoms with Gasteiger partial charge in [-0.05, 0) is 30.5 Å². The Morgan fingerprint density at radius 3 is 3.05 bits per heavy atom. The predicted molar refractivity (Wildman–Crippen MR) is 75.7 cm³/mol. The van der Waals surface area contributed by atoms with Gasteiger partial charge in [0.1, 0.15) is 5.82 Å². The van der Waals surface area contributed by atoms with Crippen LogP contribution in [0, 0.1) is 11.7 Å². The summed E-state index contributed by atoms with van der Waals surface area (Å²) in [5, 5.41) is 12.3. The zero-order valence-electron chi connectivity index (χ0n) is 11.5. The Bertz CT molecular complexity index is 495. The number of piperidine rings is 1. The number of carbonyl (C=O) groups excluding carboxylic acids is 1. The van der Waals surface area contributed by atoms with Crippen LogP contribution in [-0.4, -0.2) is 41.7 Å². The summed E-state index contributed by atoms with van der Waals surface area (Å²) >= 11 is 0. The third kappa shape index (κ3) is 3.68. The largest absolute Gasteiger partial charge is 0.397 e. The molecule has 4 N–H and O–H groups in total. The maximum Gasteiger partial charge on any atom is 0.238 e. The van der Waals surface area contributed by atoms with Crippen molar-refractivity contribution >= 4 is 17.3 Å². The van der Waals surface area contributed by atoms with Crippen LogP contribution in [0.5, 0.6) is 0 Å². The van der Waals surface area contributed by atoms with Crippen molar-refractivity contribution in [3.05, 3.63) is 24.0 Å². The minimum absolute atomic E-state index is 0.149. The van der Waals surface area contributed by atoms with Crippen molar-refractivity contribution < 1.29 is 14.3 Å². The van der Waals surface area contributed by atoms with Gasteiger partial charge in [-0.1, -0.05) is 6.92 Å². The van der Waals surface area contributed by atoms with Crippen LogP contribution in [0.1, 0.15) is 13.3 Å². The summed E-state index contributed by atoms with van der Waals surface area (Å²) in [4.78, 5) is 13.9. The maximum atomic E-state index is 13.1. The molecule has 1 aromatic carbocycles. The summed E-state index contributed by atoms with van der Waals surface area (Å²) in [6.07, 6.45) is 0.365. The van der Waals surface area contributed by atoms with Gasteiger partial charge in [0.2, 0.25) is 5.91 Å². The van der Waals surface area contributed by atoms with Gasteiger partial charge in [-0.25, -0.2) is 4.39 Å². The van der Waals surface area contributed by atoms with E-state index in [1.807, 2.05) is 11.8 Å². The number of hydrogen-bond acceptors (Lipinski definition) is 4. The first-order valence-corrected chi connectivity index (χ1v) is 6.71. The molecular formula is C14H20FN3O2. The van der Waals surface area contributed by atoms with Gasteiger partial charge in [-0.15, -0.1) is 0 Å². The van der Waals surface area contributed by atoms with Gasteiger partial charge in [0.25, 0.3) is 0 Å². The van der Waals surface area contributed by atoms with Crippen molar-refractivity contribution in [2.45, 2.75) is 19.4 Å². The molecule has 1 aliphatic heterocycles. The van der Waals surface area contributed by atoms with Crippen molar-refractivity contribution in [1.29, 1.82) is 0 Å². The molecule has 1 amide bonds. The first-order valence-electron chi connectivity index (χ1n) is 6.71. The number of hydrogen-bond donors (Lipinski definition) is 3. The average molecular weight is 281 g/mol. The second-order valence-electron chi connectivity index (χ2n) is 5.35. The van der Waals surface area contributed by atoms with E-state index >= 15 is 0 Å². The highest BCUT2D eigenvalue weighted by Crippen LogP contribution is 2.20. The molecule has 1 aromatic rings. The van der Waals surface area contributed by atoms with Gasteiger partial charge in [0.05, 0.1) is 24.0 Å². The van der Waals surface area contributed by atoms with E-state index < -0.39 is 5.82 Å². The van der Waals surface area contributed by atoms with Crippen LogP contribution < -0.4 is 11.1 Å². The number of nitrogens with two attached hydrogens (primary N) is 1. The lowest BCUT2D eigenvalue weighted by Gasteiger charge is -2.33. The Morgan fingerprint density at radius 2 is 2.35 bits per heavy atom. The molecule has 0 radical (unpaired) electrons. The highest BCUT2D eigenvalue weighted by molar-refractivity contribution is 5.95. The van der Waals surface area contributed by atoms with E-state index in [0.717, 1.165) is 0 Å². The lowest BCUT2D eigenvalue weighted by molar-refractivity contribution is -0.118. The van der Waals surface area contributed by atoms with Gasteiger partial charge in [-0.3, -0.25) is 9.69 Å². The van der Waals surface area contributed by atoms with E-state index in [1.165, 1.54) is 18.2 Å². The zero-order chi connectivity index (χ0) is 14.7. The molecule has 0 aromatic heterocycles. The number of likely N-dealkylation sites (tertiary alicyclic amines) is 1. The lowest BCUT2D eigenvalue weighted by Crippen LogP contribution is -2.45. The molecule has 0 aliphatic carbocycles. The van der Waals surface area contributed by atoms with E-state index in [1.54, 1.807) is 0 Å². The molecular weight excluding hydrogens is 261 g/mol. The molecule has 0 saturated carbocycles. The SMILES string of the molecule is CC1CN(CC(=O)Nc2cc(F)ccc2N)CCC1O. The van der Waals surface area contributed by atoms with Gasteiger partial charge < -0.3 is 16.2 Å². The fourth-order valence-electron chi connectivity index (χ4n) is 2.39. The average Bonchev–Trinajstić information content (AvgIpc) is 2.38. The number of anilines is 2. The molecule has 1 fully saturated rings. The van der Waals surface area contributed by atoms with E-state index in [9.17, 15) is 14.3 Å². The standard InChI is InChI=1S/C14H20FN3O2/c1-9-7-18(5-4-13(9)19)8-14(20)17-12-6-10(15)2-3-11(12)16/h2-3,6,9,13,19H,4-5,7-8,16H2,1H3,(H,17,20). The van der Waals surface area contributed by atoms with Crippen LogP contribution in [0.2, 0.25) is 0 Å². The second-order valence-corrected chi connectivity index (χ2v) is 5.35. The fourth-order valence-corrected chi connectivity index (χ4v) is 2.39. The quantitative estimate of drug-likeness (QED) is 0.724. The van der Waals surface area contributed by atoms with Crippen molar-refractivity contribution in [1.82, 2.24) is 4.90 Å². The van der Waals surface area contributed by atoms with Crippen LogP contribution >= 0.6 is 0 Å². The summed E-state index contributed by atoms with van der Waals surface area (Å²) in [6, 6.07) is 3.87. The van der Waals surface area contributed by atoms with Crippen molar-refractivity contribution in [3.8, 4) is 0 Å². The molecule has 5 nitrogen and oxygen atoms in total. The van der Waals surface area contributed by atoms with Crippen LogP contribution in [0.4, 0.5) is 15.8 Å². The topological polar surface area (TPSA) is 78.6 Å². The summed E-state index contributed by atoms with van der Waals surface area (Å²) < 4.78 is 13.1. The third-order valence-electron chi connectivity index (χ3n) is 3.60. The third-order valence-corrected chi connectivity index (χ3v) is 3.60. The summed E-state index contributed by atoms with van der Waals surface area (Å²) in [5.74, 6) is -0.522. The van der Waals surface area contributed by atoms with E-state index in [4.69, 9.17) is 5.73 Å². The van der Waals surface area contributed by atoms with Crippen molar-refractivity contribution in [3.63, 3.8) is 0 Å². The number of nitrogen functional groups attached to an aromatic ring is 1. The van der Waals surface area contributed by atoms with Gasteiger partial charge in [0.15, 0.2) is 0 Å². The van der Waals surface area contributed by atoms with Crippen molar-refractivity contribution in [2.24, 2.45) is 5.92 Å². The normalized spacial score (nSPS) is 23.6. The van der Waals surface area contributed by atoms with Gasteiger partial charge in [0, 0.05) is 13.1 Å². The number of aliphatic hydroxyl groups excluding tert-OH is 1. The number of rotatable bonds is 3. The number of amides is 1. The fraction of sp³-hybridized carbons (Fsp3) is 0.500. The highest BCUT2D eigenvalue weighted by atomic mass is 19.1. The smallest absolute Gasteiger partial charge is 0.238 e. The lowest BCUT2D eigenvalue weighted by atomic mass is 9.97. The minimum atomic E-state index is -0.441. The molecule has 1 heterocycles. The highest BCUT2D eigenvalue weighted by Gasteiger charge is 2.25. The zero-order valence-corrected chi connectivity index (χ0v) is 11.5. The Hall–Kier alpha value is -1.66. The molecule has 2 unspecified atom stereocenters. The van der Waals surface area contributed by atoms with Crippen LogP contribution in [0.25, 0.3) is 0 Å². The Morgan fingerprint density at radius 1 is 1.60 bits per heavy atom. The monoisotopic (exact) mass is 281 g/mol. The predicted octanol–water partition coefficient (Wildman–Crippen LogP) is 1.05. The molecule has 0 spiro atoms. The number of nitrogens with one attached hydrogen (secondary N) is 1. The first kappa shape index (κ1) is 14.7. The van der Waals surface area contributed by atoms with Gasteiger partial charge in [-0.2, -0.15) is 0 Å². The molecule has 6 heteroatoms. The number of aliphatic hydroxyl groups is 1. The molecule has 1 saturated heterocycles. The maximum absolute atomic E-state index is 13.1. The summed E-state index contributed by atoms with van der Waals surface area (Å²) in [5.41, 5.74) is 6.31. The van der Waals surface area contributed by atoms with Crippen molar-refractivity contribution in [2.75, 3.05) is 30.7 Å². The number of benzene rings is 1. The van der Waals surface area contributed by atoms with Crippen LogP contribution in [0.15, 0.2) is 18.2 Å². The van der Waals surface area contributed by atoms with E-state index in [-0.39, 0.29) is 24.5 Å². The number of carbonyl (C=O) groups is 1. The van der Waals surface area contributed by atoms with E-state index in [2.05, 4.69) is 5.32 Å². The summed E-state index contributed by atoms with van der Waals surface area (Å²) in [7, 11) is 0. The number of nitrogens with zero attached hydrogens (tertiary/aromatic N) is 1. The Kier molecular flexibility index (Phi) is 4.57. The molecule has 2 atom stereocenters. The van der Waals surface area contributed by atoms with Gasteiger partial charge >= 0.3 is 0 Å². The molecule has 110 valence electrons. The number of halogens is 1. The molecule has 20 heavy (non-hydrogen) atoms. The molecule has 2 rings (SSSR count). The molecule has 1 aliphatic rings. The van der Waals surface area contributed by atoms with Crippen LogP contribution in [0.3, 0.4) is 0 Å². The Balaban J connectivity index is 1.91. The van der Waals surface area contributed by atoms with Crippen LogP contribution in [-0.2, 0) is 4.79 Å². The second kappa shape index (κ2) is 6.19. The summed E-state index contributed by atoms with van der Waals surface area (Å²) in [6.45, 7) is 3.52. The molecule has 0 bridgehead atoms. The van der Waals surface area contributed by atoms with E-state index in [0.29, 0.717) is 30.9 Å².